The molecule has 1 aliphatic heterocycles. The highest BCUT2D eigenvalue weighted by atomic mass is 32.2. The molecule has 1 aliphatic rings. The van der Waals surface area contributed by atoms with E-state index in [0.29, 0.717) is 11.3 Å². The minimum Gasteiger partial charge on any atom is -0.504 e. The Bertz CT molecular complexity index is 908. The van der Waals surface area contributed by atoms with Gasteiger partial charge in [0, 0.05) is 25.3 Å². The molecule has 0 spiro atoms. The summed E-state index contributed by atoms with van der Waals surface area (Å²) in [5.41, 5.74) is 1.40. The van der Waals surface area contributed by atoms with E-state index in [1.165, 1.54) is 12.1 Å². The van der Waals surface area contributed by atoms with Gasteiger partial charge in [0.2, 0.25) is 22.6 Å². The number of aromatic hydroxyl groups is 1. The van der Waals surface area contributed by atoms with Crippen molar-refractivity contribution in [3.8, 4) is 17.2 Å². The number of benzene rings is 2. The molecule has 2 N–H and O–H groups in total. The Morgan fingerprint density at radius 2 is 1.70 bits per heavy atom. The average molecular weight is 440 g/mol. The first-order valence-electron chi connectivity index (χ1n) is 9.68. The number of ether oxygens (including phenoxy) is 4. The summed E-state index contributed by atoms with van der Waals surface area (Å²) in [5.74, 6) is 0.580. The number of sulfonamides is 1. The number of hydrogen-bond donors (Lipinski definition) is 2. The minimum absolute atomic E-state index is 0.0370. The summed E-state index contributed by atoms with van der Waals surface area (Å²) in [6.45, 7) is 9.13. The monoisotopic (exact) mass is 439 g/mol. The highest BCUT2D eigenvalue weighted by molar-refractivity contribution is 7.89. The summed E-state index contributed by atoms with van der Waals surface area (Å²) < 4.78 is 47.3. The summed E-state index contributed by atoms with van der Waals surface area (Å²) in [5, 5.41) is 10.1. The van der Waals surface area contributed by atoms with Gasteiger partial charge in [-0.3, -0.25) is 0 Å². The molecule has 0 unspecified atom stereocenters. The van der Waals surface area contributed by atoms with E-state index in [-0.39, 0.29) is 36.0 Å². The van der Waals surface area contributed by atoms with Crippen molar-refractivity contribution in [2.24, 2.45) is 0 Å². The molecule has 8 nitrogen and oxygen atoms in total. The van der Waals surface area contributed by atoms with Crippen LogP contribution in [0.25, 0.3) is 0 Å². The normalized spacial score (nSPS) is 12.6. The van der Waals surface area contributed by atoms with Gasteiger partial charge in [0.15, 0.2) is 17.8 Å². The van der Waals surface area contributed by atoms with Crippen LogP contribution in [0.5, 0.6) is 17.2 Å². The molecule has 30 heavy (non-hydrogen) atoms. The van der Waals surface area contributed by atoms with Crippen molar-refractivity contribution in [2.75, 3.05) is 20.0 Å². The number of phenolic OH excluding ortho intramolecular Hbond substituents is 1. The van der Waals surface area contributed by atoms with Gasteiger partial charge in [0.25, 0.3) is 0 Å². The van der Waals surface area contributed by atoms with E-state index >= 15 is 0 Å². The number of rotatable bonds is 8. The lowest BCUT2D eigenvalue weighted by molar-refractivity contribution is -0.123. The number of aryl methyl sites for hydroxylation is 1. The second-order valence-corrected chi connectivity index (χ2v) is 8.19. The maximum atomic E-state index is 12.2. The lowest BCUT2D eigenvalue weighted by atomic mass is 10.2. The predicted octanol–water partition coefficient (Wildman–Crippen LogP) is 3.31. The quantitative estimate of drug-likeness (QED) is 0.608. The van der Waals surface area contributed by atoms with Crippen LogP contribution in [0.1, 0.15) is 31.9 Å². The van der Waals surface area contributed by atoms with E-state index in [0.717, 1.165) is 18.8 Å². The number of nitrogens with one attached hydrogen (secondary N) is 1. The molecule has 0 radical (unpaired) electrons. The van der Waals surface area contributed by atoms with Crippen LogP contribution in [-0.2, 0) is 26.0 Å². The predicted molar refractivity (Wildman–Crippen MR) is 112 cm³/mol. The van der Waals surface area contributed by atoms with Crippen molar-refractivity contribution in [3.05, 3.63) is 47.5 Å². The molecule has 0 fully saturated rings. The first-order valence-corrected chi connectivity index (χ1v) is 11.2. The van der Waals surface area contributed by atoms with Crippen molar-refractivity contribution in [2.45, 2.75) is 45.4 Å². The Balaban J connectivity index is 0.000000343. The van der Waals surface area contributed by atoms with Gasteiger partial charge in [-0.1, -0.05) is 23.8 Å². The molecule has 0 aliphatic carbocycles. The minimum atomic E-state index is -3.64. The van der Waals surface area contributed by atoms with Crippen LogP contribution in [-0.4, -0.2) is 39.8 Å². The fraction of sp³-hybridized carbons (Fsp3) is 0.429. The lowest BCUT2D eigenvalue weighted by Gasteiger charge is -2.09. The van der Waals surface area contributed by atoms with Gasteiger partial charge in [-0.05, 0) is 45.9 Å². The van der Waals surface area contributed by atoms with Crippen LogP contribution in [0.2, 0.25) is 0 Å². The van der Waals surface area contributed by atoms with Crippen LogP contribution < -0.4 is 14.2 Å². The van der Waals surface area contributed by atoms with E-state index in [1.54, 1.807) is 24.3 Å². The third kappa shape index (κ3) is 6.60. The van der Waals surface area contributed by atoms with Crippen molar-refractivity contribution in [1.29, 1.82) is 0 Å². The molecule has 2 aromatic carbocycles. The Labute approximate surface area is 177 Å². The summed E-state index contributed by atoms with van der Waals surface area (Å²) in [7, 11) is -3.64. The smallest absolute Gasteiger partial charge is 0.240 e. The van der Waals surface area contributed by atoms with E-state index in [4.69, 9.17) is 18.9 Å². The standard InChI is InChI=1S/C15H15NO5S.C6H14O2/c1-10-2-5-12(6-3-10)22(18,19)16-8-11-4-7-13-15(14(11)17)21-9-20-13;1-4-7-6(3)8-5-2/h2-7,16-17H,8-9H2,1H3;6H,4-5H2,1-3H3. The molecule has 0 amide bonds. The van der Waals surface area contributed by atoms with Crippen LogP contribution in [0, 0.1) is 6.92 Å². The maximum absolute atomic E-state index is 12.2. The Morgan fingerprint density at radius 1 is 1.07 bits per heavy atom. The summed E-state index contributed by atoms with van der Waals surface area (Å²) >= 11 is 0. The second kappa shape index (κ2) is 11.2. The Kier molecular flexibility index (Phi) is 8.91. The highest BCUT2D eigenvalue weighted by Crippen LogP contribution is 2.42. The molecule has 3 rings (SSSR count). The van der Waals surface area contributed by atoms with E-state index < -0.39 is 10.0 Å². The fourth-order valence-electron chi connectivity index (χ4n) is 2.63. The lowest BCUT2D eigenvalue weighted by Crippen LogP contribution is -2.23. The topological polar surface area (TPSA) is 103 Å². The summed E-state index contributed by atoms with van der Waals surface area (Å²) in [4.78, 5) is 0.179. The largest absolute Gasteiger partial charge is 0.504 e. The summed E-state index contributed by atoms with van der Waals surface area (Å²) in [6.07, 6.45) is -0.0370. The first kappa shape index (κ1) is 23.9. The molecule has 0 aromatic heterocycles. The van der Waals surface area contributed by atoms with Gasteiger partial charge < -0.3 is 24.1 Å². The molecular formula is C21H29NO7S. The molecule has 0 saturated carbocycles. The Hall–Kier alpha value is -2.33. The van der Waals surface area contributed by atoms with Gasteiger partial charge in [-0.2, -0.15) is 0 Å². The van der Waals surface area contributed by atoms with Crippen molar-refractivity contribution >= 4 is 10.0 Å². The number of hydrogen-bond acceptors (Lipinski definition) is 7. The van der Waals surface area contributed by atoms with Crippen LogP contribution in [0.3, 0.4) is 0 Å². The van der Waals surface area contributed by atoms with Gasteiger partial charge in [-0.25, -0.2) is 13.1 Å². The van der Waals surface area contributed by atoms with Crippen LogP contribution in [0.15, 0.2) is 41.3 Å². The zero-order chi connectivity index (χ0) is 22.1. The van der Waals surface area contributed by atoms with E-state index in [9.17, 15) is 13.5 Å². The molecule has 1 heterocycles. The first-order chi connectivity index (χ1) is 14.3. The number of phenols is 1. The Morgan fingerprint density at radius 3 is 2.30 bits per heavy atom. The van der Waals surface area contributed by atoms with Gasteiger partial charge in [-0.15, -0.1) is 0 Å². The third-order valence-electron chi connectivity index (χ3n) is 4.18. The van der Waals surface area contributed by atoms with Crippen LogP contribution in [0.4, 0.5) is 0 Å². The molecule has 9 heteroatoms. The zero-order valence-corrected chi connectivity index (χ0v) is 18.5. The zero-order valence-electron chi connectivity index (χ0n) is 17.7. The van der Waals surface area contributed by atoms with E-state index in [2.05, 4.69) is 4.72 Å². The van der Waals surface area contributed by atoms with Crippen molar-refractivity contribution in [3.63, 3.8) is 0 Å². The second-order valence-electron chi connectivity index (χ2n) is 6.42. The van der Waals surface area contributed by atoms with Crippen molar-refractivity contribution < 1.29 is 32.5 Å². The average Bonchev–Trinajstić information content (AvgIpc) is 3.18. The molecule has 0 saturated heterocycles. The molecule has 0 atom stereocenters. The molecular weight excluding hydrogens is 410 g/mol. The SMILES string of the molecule is CCOC(C)OCC.Cc1ccc(S(=O)(=O)NCc2ccc3c(c2O)OCO3)cc1. The summed E-state index contributed by atoms with van der Waals surface area (Å²) in [6, 6.07) is 9.77. The van der Waals surface area contributed by atoms with E-state index in [1.807, 2.05) is 27.7 Å². The number of fused-ring (bicyclic) bond motifs is 1. The molecule has 166 valence electrons. The highest BCUT2D eigenvalue weighted by Gasteiger charge is 2.21. The van der Waals surface area contributed by atoms with Crippen LogP contribution >= 0.6 is 0 Å². The molecule has 0 bridgehead atoms. The van der Waals surface area contributed by atoms with Gasteiger partial charge in [0.1, 0.15) is 0 Å². The fourth-order valence-corrected chi connectivity index (χ4v) is 3.64. The van der Waals surface area contributed by atoms with Gasteiger partial charge in [0.05, 0.1) is 4.90 Å². The third-order valence-corrected chi connectivity index (χ3v) is 5.60. The maximum Gasteiger partial charge on any atom is 0.240 e. The van der Waals surface area contributed by atoms with Gasteiger partial charge >= 0.3 is 0 Å². The van der Waals surface area contributed by atoms with Crippen molar-refractivity contribution in [1.82, 2.24) is 4.72 Å². The molecule has 2 aromatic rings.